The van der Waals surface area contributed by atoms with Gasteiger partial charge >= 0.3 is 12.0 Å². The summed E-state index contributed by atoms with van der Waals surface area (Å²) in [5.74, 6) is -0.160. The Morgan fingerprint density at radius 3 is 2.64 bits per heavy atom. The first-order valence-corrected chi connectivity index (χ1v) is 7.29. The van der Waals surface area contributed by atoms with Gasteiger partial charge in [0, 0.05) is 12.3 Å². The van der Waals surface area contributed by atoms with Crippen molar-refractivity contribution in [3.63, 3.8) is 0 Å². The lowest BCUT2D eigenvalue weighted by molar-refractivity contribution is -0.138. The molecule has 22 heavy (non-hydrogen) atoms. The molecule has 2 fully saturated rings. The number of carbonyl (C=O) groups excluding carboxylic acids is 2. The van der Waals surface area contributed by atoms with E-state index in [1.165, 1.54) is 4.68 Å². The molecule has 1 aromatic rings. The molecule has 0 spiro atoms. The molecule has 0 aromatic carbocycles. The number of aromatic nitrogens is 3. The first-order valence-electron chi connectivity index (χ1n) is 7.29. The zero-order valence-electron chi connectivity index (χ0n) is 11.9. The molecule has 1 saturated carbocycles. The number of imide groups is 1. The summed E-state index contributed by atoms with van der Waals surface area (Å²) in [7, 11) is 0. The zero-order chi connectivity index (χ0) is 15.7. The van der Waals surface area contributed by atoms with Crippen LogP contribution in [0.2, 0.25) is 0 Å². The molecule has 0 radical (unpaired) electrons. The van der Waals surface area contributed by atoms with Crippen LogP contribution in [0.5, 0.6) is 0 Å². The summed E-state index contributed by atoms with van der Waals surface area (Å²) < 4.78 is 1.31. The zero-order valence-corrected chi connectivity index (χ0v) is 11.9. The average Bonchev–Trinajstić information content (AvgIpc) is 3.12. The van der Waals surface area contributed by atoms with Crippen LogP contribution < -0.4 is 10.6 Å². The van der Waals surface area contributed by atoms with Gasteiger partial charge in [-0.05, 0) is 12.8 Å². The highest BCUT2D eigenvalue weighted by atomic mass is 16.4. The van der Waals surface area contributed by atoms with Crippen molar-refractivity contribution in [1.82, 2.24) is 25.4 Å². The van der Waals surface area contributed by atoms with Crippen LogP contribution in [0.1, 0.15) is 43.3 Å². The van der Waals surface area contributed by atoms with Crippen LogP contribution in [0.4, 0.5) is 4.79 Å². The molecule has 1 atom stereocenters. The number of carboxylic acids is 1. The van der Waals surface area contributed by atoms with Gasteiger partial charge in [0.2, 0.25) is 0 Å². The SMILES string of the molecule is O=C(O)Cn1nc(C2CCCC2)nc1C[C@H]1NC(=O)NC1=O. The molecule has 1 aromatic heterocycles. The topological polar surface area (TPSA) is 126 Å². The number of hydrogen-bond acceptors (Lipinski definition) is 5. The molecule has 3 rings (SSSR count). The van der Waals surface area contributed by atoms with E-state index in [0.29, 0.717) is 11.6 Å². The molecular formula is C13H17N5O4. The van der Waals surface area contributed by atoms with Gasteiger partial charge in [0.15, 0.2) is 5.82 Å². The number of carbonyl (C=O) groups is 3. The third-order valence-electron chi connectivity index (χ3n) is 4.02. The summed E-state index contributed by atoms with van der Waals surface area (Å²) >= 11 is 0. The van der Waals surface area contributed by atoms with Crippen LogP contribution in [0, 0.1) is 0 Å². The largest absolute Gasteiger partial charge is 0.480 e. The summed E-state index contributed by atoms with van der Waals surface area (Å²) in [5.41, 5.74) is 0. The Kier molecular flexibility index (Phi) is 3.78. The van der Waals surface area contributed by atoms with E-state index in [2.05, 4.69) is 20.7 Å². The third-order valence-corrected chi connectivity index (χ3v) is 4.02. The van der Waals surface area contributed by atoms with Crippen LogP contribution in [-0.2, 0) is 22.6 Å². The van der Waals surface area contributed by atoms with E-state index in [1.807, 2.05) is 0 Å². The molecule has 0 unspecified atom stereocenters. The second-order valence-electron chi connectivity index (χ2n) is 5.64. The highest BCUT2D eigenvalue weighted by molar-refractivity contribution is 6.04. The van der Waals surface area contributed by atoms with Gasteiger partial charge in [0.05, 0.1) is 0 Å². The van der Waals surface area contributed by atoms with E-state index in [1.54, 1.807) is 0 Å². The van der Waals surface area contributed by atoms with Crippen molar-refractivity contribution in [3.8, 4) is 0 Å². The van der Waals surface area contributed by atoms with E-state index in [9.17, 15) is 14.4 Å². The number of urea groups is 1. The van der Waals surface area contributed by atoms with Crippen molar-refractivity contribution < 1.29 is 19.5 Å². The van der Waals surface area contributed by atoms with Gasteiger partial charge in [0.1, 0.15) is 18.4 Å². The molecule has 2 aliphatic rings. The van der Waals surface area contributed by atoms with E-state index < -0.39 is 23.9 Å². The summed E-state index contributed by atoms with van der Waals surface area (Å²) in [6.45, 7) is -0.308. The highest BCUT2D eigenvalue weighted by Gasteiger charge is 2.32. The van der Waals surface area contributed by atoms with Gasteiger partial charge < -0.3 is 10.4 Å². The Balaban J connectivity index is 1.82. The van der Waals surface area contributed by atoms with Crippen LogP contribution in [0.15, 0.2) is 0 Å². The smallest absolute Gasteiger partial charge is 0.325 e. The van der Waals surface area contributed by atoms with Crippen LogP contribution in [0.25, 0.3) is 0 Å². The molecule has 118 valence electrons. The molecule has 3 amide bonds. The minimum Gasteiger partial charge on any atom is -0.480 e. The molecule has 3 N–H and O–H groups in total. The maximum absolute atomic E-state index is 11.6. The van der Waals surface area contributed by atoms with Crippen molar-refractivity contribution in [2.45, 2.75) is 50.6 Å². The number of rotatable bonds is 5. The normalized spacial score (nSPS) is 21.9. The minimum absolute atomic E-state index is 0.130. The van der Waals surface area contributed by atoms with E-state index in [4.69, 9.17) is 5.11 Å². The Labute approximate surface area is 126 Å². The summed E-state index contributed by atoms with van der Waals surface area (Å²) in [6, 6.07) is -1.28. The van der Waals surface area contributed by atoms with Crippen LogP contribution >= 0.6 is 0 Å². The summed E-state index contributed by atoms with van der Waals surface area (Å²) in [6.07, 6.45) is 4.36. The third kappa shape index (κ3) is 2.92. The molecule has 9 heteroatoms. The van der Waals surface area contributed by atoms with Gasteiger partial charge in [-0.15, -0.1) is 0 Å². The highest BCUT2D eigenvalue weighted by Crippen LogP contribution is 2.32. The van der Waals surface area contributed by atoms with Crippen molar-refractivity contribution in [3.05, 3.63) is 11.6 Å². The molecule has 1 saturated heterocycles. The molecular weight excluding hydrogens is 290 g/mol. The summed E-state index contributed by atoms with van der Waals surface area (Å²) in [4.78, 5) is 38.2. The molecule has 1 aliphatic heterocycles. The average molecular weight is 307 g/mol. The van der Waals surface area contributed by atoms with E-state index >= 15 is 0 Å². The second-order valence-corrected chi connectivity index (χ2v) is 5.64. The minimum atomic E-state index is -1.02. The van der Waals surface area contributed by atoms with E-state index in [-0.39, 0.29) is 18.9 Å². The molecule has 1 aliphatic carbocycles. The number of aliphatic carboxylic acids is 1. The predicted molar refractivity (Wildman–Crippen MR) is 73.0 cm³/mol. The van der Waals surface area contributed by atoms with Gasteiger partial charge in [-0.25, -0.2) is 14.5 Å². The maximum Gasteiger partial charge on any atom is 0.325 e. The maximum atomic E-state index is 11.6. The predicted octanol–water partition coefficient (Wildman–Crippen LogP) is -0.229. The quantitative estimate of drug-likeness (QED) is 0.645. The monoisotopic (exact) mass is 307 g/mol. The van der Waals surface area contributed by atoms with Crippen molar-refractivity contribution >= 4 is 17.9 Å². The Hall–Kier alpha value is -2.45. The van der Waals surface area contributed by atoms with Crippen molar-refractivity contribution in [2.75, 3.05) is 0 Å². The number of nitrogens with zero attached hydrogens (tertiary/aromatic N) is 3. The van der Waals surface area contributed by atoms with E-state index in [0.717, 1.165) is 25.7 Å². The first-order chi connectivity index (χ1) is 10.5. The standard InChI is InChI=1S/C13H17N5O4/c19-10(20)6-18-9(5-8-12(21)16-13(22)14-8)15-11(17-18)7-3-1-2-4-7/h7-8H,1-6H2,(H,19,20)(H2,14,16,21,22)/t8-/m1/s1. The molecule has 2 heterocycles. The van der Waals surface area contributed by atoms with Gasteiger partial charge in [-0.3, -0.25) is 14.9 Å². The Morgan fingerprint density at radius 1 is 1.32 bits per heavy atom. The fourth-order valence-electron chi connectivity index (χ4n) is 2.94. The van der Waals surface area contributed by atoms with Crippen LogP contribution in [0.3, 0.4) is 0 Å². The van der Waals surface area contributed by atoms with Crippen molar-refractivity contribution in [1.29, 1.82) is 0 Å². The van der Waals surface area contributed by atoms with Gasteiger partial charge in [-0.1, -0.05) is 12.8 Å². The first kappa shape index (κ1) is 14.5. The van der Waals surface area contributed by atoms with Crippen molar-refractivity contribution in [2.24, 2.45) is 0 Å². The molecule has 0 bridgehead atoms. The van der Waals surface area contributed by atoms with Gasteiger partial charge in [-0.2, -0.15) is 5.10 Å². The van der Waals surface area contributed by atoms with Crippen LogP contribution in [-0.4, -0.2) is 43.8 Å². The Morgan fingerprint density at radius 2 is 2.05 bits per heavy atom. The fraction of sp³-hybridized carbons (Fsp3) is 0.615. The fourth-order valence-corrected chi connectivity index (χ4v) is 2.94. The molecule has 9 nitrogen and oxygen atoms in total. The lowest BCUT2D eigenvalue weighted by Crippen LogP contribution is -2.32. The van der Waals surface area contributed by atoms with Gasteiger partial charge in [0.25, 0.3) is 5.91 Å². The number of hydrogen-bond donors (Lipinski definition) is 3. The lowest BCUT2D eigenvalue weighted by atomic mass is 10.1. The summed E-state index contributed by atoms with van der Waals surface area (Å²) in [5, 5.41) is 17.9. The Bertz CT molecular complexity index is 620. The number of nitrogens with one attached hydrogen (secondary N) is 2. The second kappa shape index (κ2) is 5.74. The number of amides is 3. The lowest BCUT2D eigenvalue weighted by Gasteiger charge is -2.07. The number of carboxylic acid groups (broad SMARTS) is 1.